The monoisotopic (exact) mass is 324 g/mol. The highest BCUT2D eigenvalue weighted by Crippen LogP contribution is 2.56. The molecule has 2 saturated carbocycles. The largest absolute Gasteiger partial charge is 0.292 e. The summed E-state index contributed by atoms with van der Waals surface area (Å²) >= 11 is 0. The molecule has 1 aliphatic heterocycles. The molecule has 3 unspecified atom stereocenters. The maximum Gasteiger partial charge on any atom is 0.255 e. The Labute approximate surface area is 142 Å². The molecule has 1 aromatic carbocycles. The van der Waals surface area contributed by atoms with Crippen LogP contribution < -0.4 is 0 Å². The average Bonchev–Trinajstić information content (AvgIpc) is 3.28. The van der Waals surface area contributed by atoms with Crippen LogP contribution in [0.4, 0.5) is 0 Å². The topological polar surface area (TPSA) is 49.7 Å². The molecule has 4 heteroatoms. The zero-order chi connectivity index (χ0) is 16.9. The molecule has 1 aromatic rings. The van der Waals surface area contributed by atoms with Crippen LogP contribution in [0.5, 0.6) is 0 Å². The Morgan fingerprint density at radius 3 is 2.62 bits per heavy atom. The van der Waals surface area contributed by atoms with E-state index in [4.69, 9.17) is 0 Å². The van der Waals surface area contributed by atoms with Crippen molar-refractivity contribution >= 4 is 17.4 Å². The van der Waals surface area contributed by atoms with E-state index in [1.807, 2.05) is 32.0 Å². The molecule has 1 amide bonds. The van der Waals surface area contributed by atoms with Crippen molar-refractivity contribution in [3.05, 3.63) is 35.9 Å². The van der Waals surface area contributed by atoms with E-state index in [0.717, 1.165) is 18.1 Å². The SMILES string of the molecule is CC1=NN(CC(=O)c2ccccc2)C(=O)[C@@]1(C)C1CC2CCC1C2. The summed E-state index contributed by atoms with van der Waals surface area (Å²) in [6.07, 6.45) is 4.97. The first-order valence-corrected chi connectivity index (χ1v) is 8.96. The quantitative estimate of drug-likeness (QED) is 0.796. The van der Waals surface area contributed by atoms with Gasteiger partial charge in [-0.1, -0.05) is 36.8 Å². The summed E-state index contributed by atoms with van der Waals surface area (Å²) in [5.41, 5.74) is 0.995. The molecule has 2 aliphatic carbocycles. The molecule has 0 N–H and O–H groups in total. The van der Waals surface area contributed by atoms with Gasteiger partial charge in [-0.2, -0.15) is 5.10 Å². The molecule has 0 spiro atoms. The van der Waals surface area contributed by atoms with E-state index in [1.54, 1.807) is 12.1 Å². The number of hydrazone groups is 1. The Hall–Kier alpha value is -1.97. The summed E-state index contributed by atoms with van der Waals surface area (Å²) in [7, 11) is 0. The zero-order valence-electron chi connectivity index (χ0n) is 14.4. The van der Waals surface area contributed by atoms with Gasteiger partial charge in [-0.15, -0.1) is 0 Å². The number of carbonyl (C=O) groups excluding carboxylic acids is 2. The number of fused-ring (bicyclic) bond motifs is 2. The van der Waals surface area contributed by atoms with Crippen molar-refractivity contribution in [1.82, 2.24) is 5.01 Å². The van der Waals surface area contributed by atoms with E-state index in [9.17, 15) is 9.59 Å². The highest BCUT2D eigenvalue weighted by atomic mass is 16.2. The minimum Gasteiger partial charge on any atom is -0.292 e. The van der Waals surface area contributed by atoms with E-state index in [2.05, 4.69) is 5.10 Å². The van der Waals surface area contributed by atoms with Crippen LogP contribution in [-0.2, 0) is 4.79 Å². The van der Waals surface area contributed by atoms with E-state index < -0.39 is 5.41 Å². The molecule has 24 heavy (non-hydrogen) atoms. The molecule has 2 bridgehead atoms. The smallest absolute Gasteiger partial charge is 0.255 e. The van der Waals surface area contributed by atoms with E-state index in [-0.39, 0.29) is 18.2 Å². The molecular formula is C20H24N2O2. The lowest BCUT2D eigenvalue weighted by Gasteiger charge is -2.35. The van der Waals surface area contributed by atoms with Crippen molar-refractivity contribution in [2.24, 2.45) is 28.3 Å². The van der Waals surface area contributed by atoms with Crippen LogP contribution in [0.2, 0.25) is 0 Å². The molecule has 126 valence electrons. The lowest BCUT2D eigenvalue weighted by atomic mass is 9.66. The Balaban J connectivity index is 1.53. The van der Waals surface area contributed by atoms with Gasteiger partial charge in [0.15, 0.2) is 5.78 Å². The predicted octanol–water partition coefficient (Wildman–Crippen LogP) is 3.53. The molecule has 4 nitrogen and oxygen atoms in total. The van der Waals surface area contributed by atoms with Crippen LogP contribution >= 0.6 is 0 Å². The number of hydrogen-bond acceptors (Lipinski definition) is 3. The van der Waals surface area contributed by atoms with Gasteiger partial charge in [-0.25, -0.2) is 5.01 Å². The Morgan fingerprint density at radius 2 is 2.00 bits per heavy atom. The van der Waals surface area contributed by atoms with Crippen LogP contribution in [0.3, 0.4) is 0 Å². The molecule has 2 fully saturated rings. The third kappa shape index (κ3) is 2.23. The zero-order valence-corrected chi connectivity index (χ0v) is 14.4. The van der Waals surface area contributed by atoms with Crippen molar-refractivity contribution in [1.29, 1.82) is 0 Å². The second-order valence-corrected chi connectivity index (χ2v) is 7.82. The number of ketones is 1. The van der Waals surface area contributed by atoms with Gasteiger partial charge in [0.05, 0.1) is 11.1 Å². The van der Waals surface area contributed by atoms with Gasteiger partial charge in [-0.05, 0) is 50.9 Å². The van der Waals surface area contributed by atoms with Crippen molar-refractivity contribution in [3.8, 4) is 0 Å². The maximum absolute atomic E-state index is 13.1. The summed E-state index contributed by atoms with van der Waals surface area (Å²) in [5, 5.41) is 5.91. The van der Waals surface area contributed by atoms with Crippen LogP contribution in [0.25, 0.3) is 0 Å². The first-order chi connectivity index (χ1) is 11.5. The molecule has 4 rings (SSSR count). The third-order valence-corrected chi connectivity index (χ3v) is 6.57. The van der Waals surface area contributed by atoms with Gasteiger partial charge in [0.25, 0.3) is 5.91 Å². The predicted molar refractivity (Wildman–Crippen MR) is 92.6 cm³/mol. The maximum atomic E-state index is 13.1. The summed E-state index contributed by atoms with van der Waals surface area (Å²) in [5.74, 6) is 1.79. The second-order valence-electron chi connectivity index (χ2n) is 7.82. The van der Waals surface area contributed by atoms with Crippen molar-refractivity contribution in [2.45, 2.75) is 39.5 Å². The van der Waals surface area contributed by atoms with Crippen molar-refractivity contribution in [3.63, 3.8) is 0 Å². The normalized spacial score (nSPS) is 34.8. The number of rotatable bonds is 4. The number of benzene rings is 1. The molecule has 0 saturated heterocycles. The summed E-state index contributed by atoms with van der Waals surface area (Å²) in [4.78, 5) is 25.6. The van der Waals surface area contributed by atoms with E-state index in [0.29, 0.717) is 17.4 Å². The van der Waals surface area contributed by atoms with Crippen LogP contribution in [0, 0.1) is 23.2 Å². The van der Waals surface area contributed by atoms with Gasteiger partial charge >= 0.3 is 0 Å². The molecule has 0 radical (unpaired) electrons. The van der Waals surface area contributed by atoms with Gasteiger partial charge in [0, 0.05) is 5.56 Å². The standard InChI is InChI=1S/C20H24N2O2/c1-13-20(2,17-11-14-8-9-16(17)10-14)19(24)22(21-13)12-18(23)15-6-4-3-5-7-15/h3-7,14,16-17H,8-12H2,1-2H3/t14?,16?,17?,20-/m1/s1. The number of nitrogens with zero attached hydrogens (tertiary/aromatic N) is 2. The van der Waals surface area contributed by atoms with Crippen LogP contribution in [-0.4, -0.2) is 29.0 Å². The molecule has 0 aromatic heterocycles. The van der Waals surface area contributed by atoms with Gasteiger partial charge in [0.2, 0.25) is 0 Å². The number of hydrogen-bond donors (Lipinski definition) is 0. The second kappa shape index (κ2) is 5.54. The fourth-order valence-electron chi connectivity index (χ4n) is 5.09. The van der Waals surface area contributed by atoms with Crippen molar-refractivity contribution in [2.75, 3.05) is 6.54 Å². The fourth-order valence-corrected chi connectivity index (χ4v) is 5.09. The third-order valence-electron chi connectivity index (χ3n) is 6.57. The first kappa shape index (κ1) is 15.6. The number of amides is 1. The van der Waals surface area contributed by atoms with Crippen LogP contribution in [0.1, 0.15) is 49.9 Å². The summed E-state index contributed by atoms with van der Waals surface area (Å²) < 4.78 is 0. The van der Waals surface area contributed by atoms with Gasteiger partial charge < -0.3 is 0 Å². The number of carbonyl (C=O) groups is 2. The van der Waals surface area contributed by atoms with Gasteiger partial charge in [-0.3, -0.25) is 9.59 Å². The average molecular weight is 324 g/mol. The number of Topliss-reactive ketones (excluding diaryl/α,β-unsaturated/α-hetero) is 1. The first-order valence-electron chi connectivity index (χ1n) is 8.96. The molecular weight excluding hydrogens is 300 g/mol. The lowest BCUT2D eigenvalue weighted by molar-refractivity contribution is -0.138. The lowest BCUT2D eigenvalue weighted by Crippen LogP contribution is -2.45. The highest BCUT2D eigenvalue weighted by molar-refractivity contribution is 6.12. The Bertz CT molecular complexity index is 712. The summed E-state index contributed by atoms with van der Waals surface area (Å²) in [6, 6.07) is 9.13. The molecule has 4 atom stereocenters. The van der Waals surface area contributed by atoms with E-state index >= 15 is 0 Å². The minimum absolute atomic E-state index is 0.0156. The van der Waals surface area contributed by atoms with Crippen LogP contribution in [0.15, 0.2) is 35.4 Å². The Morgan fingerprint density at radius 1 is 1.25 bits per heavy atom. The summed E-state index contributed by atoms with van der Waals surface area (Å²) in [6.45, 7) is 4.04. The molecule has 3 aliphatic rings. The molecule has 1 heterocycles. The van der Waals surface area contributed by atoms with E-state index in [1.165, 1.54) is 24.3 Å². The van der Waals surface area contributed by atoms with Gasteiger partial charge in [0.1, 0.15) is 6.54 Å². The van der Waals surface area contributed by atoms with Crippen molar-refractivity contribution < 1.29 is 9.59 Å². The Kier molecular flexibility index (Phi) is 3.59. The minimum atomic E-state index is -0.517. The highest BCUT2D eigenvalue weighted by Gasteiger charge is 2.57. The fraction of sp³-hybridized carbons (Fsp3) is 0.550.